The van der Waals surface area contributed by atoms with Gasteiger partial charge in [-0.15, -0.1) is 0 Å². The highest BCUT2D eigenvalue weighted by Gasteiger charge is 2.30. The van der Waals surface area contributed by atoms with Crippen molar-refractivity contribution < 1.29 is 14.4 Å². The van der Waals surface area contributed by atoms with Crippen molar-refractivity contribution >= 4 is 34.4 Å². The zero-order valence-corrected chi connectivity index (χ0v) is 12.4. The second kappa shape index (κ2) is 5.71. The van der Waals surface area contributed by atoms with Gasteiger partial charge in [-0.05, 0) is 36.4 Å². The Balaban J connectivity index is 2.26. The number of hydrogen-bond donors (Lipinski definition) is 0. The first-order valence-corrected chi connectivity index (χ1v) is 6.75. The highest BCUT2D eigenvalue weighted by Crippen LogP contribution is 2.33. The lowest BCUT2D eigenvalue weighted by Gasteiger charge is -2.19. The molecule has 0 N–H and O–H groups in total. The van der Waals surface area contributed by atoms with Crippen LogP contribution in [-0.4, -0.2) is 23.9 Å². The number of nitrogens with zero attached hydrogens (tertiary/aromatic N) is 1. The summed E-state index contributed by atoms with van der Waals surface area (Å²) in [5, 5.41) is 1.23. The molecule has 0 aliphatic carbocycles. The van der Waals surface area contributed by atoms with Crippen molar-refractivity contribution in [3.05, 3.63) is 39.5 Å². The number of carbonyl (C=O) groups is 1. The minimum Gasteiger partial charge on any atom is -0.445 e. The summed E-state index contributed by atoms with van der Waals surface area (Å²) in [6, 6.07) is 9.67. The van der Waals surface area contributed by atoms with Crippen LogP contribution in [0.15, 0.2) is 33.9 Å². The average molecular weight is 359 g/mol. The Kier molecular flexibility index (Phi) is 4.23. The number of rotatable bonds is 2. The maximum absolute atomic E-state index is 11.9. The van der Waals surface area contributed by atoms with E-state index >= 15 is 0 Å². The fraction of sp³-hybridized carbons (Fsp3) is 0.308. The minimum absolute atomic E-state index is 0.170. The van der Waals surface area contributed by atoms with E-state index < -0.39 is 6.09 Å². The second-order valence-corrected chi connectivity index (χ2v) is 5.42. The highest BCUT2D eigenvalue weighted by atomic mass is 127. The van der Waals surface area contributed by atoms with Crippen molar-refractivity contribution in [1.29, 1.82) is 0 Å². The van der Waals surface area contributed by atoms with Gasteiger partial charge in [-0.1, -0.05) is 30.3 Å². The maximum atomic E-state index is 11.9. The fourth-order valence-corrected chi connectivity index (χ4v) is 2.30. The molecular weight excluding hydrogens is 345 g/mol. The van der Waals surface area contributed by atoms with E-state index in [9.17, 15) is 4.79 Å². The van der Waals surface area contributed by atoms with E-state index in [1.807, 2.05) is 44.2 Å². The molecule has 1 aliphatic rings. The first kappa shape index (κ1) is 13.4. The molecule has 1 aromatic carbocycles. The van der Waals surface area contributed by atoms with Crippen molar-refractivity contribution in [3.8, 4) is 0 Å². The molecule has 0 fully saturated rings. The normalized spacial score (nSPS) is 15.4. The van der Waals surface area contributed by atoms with Gasteiger partial charge in [-0.25, -0.2) is 4.79 Å². The van der Waals surface area contributed by atoms with E-state index in [2.05, 4.69) is 22.6 Å². The molecule has 0 aromatic heterocycles. The van der Waals surface area contributed by atoms with E-state index in [0.717, 1.165) is 14.8 Å². The summed E-state index contributed by atoms with van der Waals surface area (Å²) in [7, 11) is 0. The van der Waals surface area contributed by atoms with Gasteiger partial charge in [-0.2, -0.15) is 5.06 Å². The van der Waals surface area contributed by atoms with Gasteiger partial charge in [0.1, 0.15) is 6.61 Å². The number of halogens is 1. The number of benzene rings is 1. The van der Waals surface area contributed by atoms with Crippen molar-refractivity contribution in [2.24, 2.45) is 0 Å². The molecule has 0 radical (unpaired) electrons. The van der Waals surface area contributed by atoms with E-state index in [0.29, 0.717) is 6.61 Å². The molecule has 96 valence electrons. The minimum atomic E-state index is -0.476. The van der Waals surface area contributed by atoms with Crippen LogP contribution in [0.3, 0.4) is 0 Å². The van der Waals surface area contributed by atoms with Gasteiger partial charge in [0.05, 0.1) is 11.8 Å². The molecular formula is C13H14INO3. The second-order valence-electron chi connectivity index (χ2n) is 4.12. The van der Waals surface area contributed by atoms with Crippen LogP contribution in [0.4, 0.5) is 4.79 Å². The SMILES string of the molecule is CC(C)OC(=O)N1OCC(I)=C1c1ccccc1. The number of carbonyl (C=O) groups excluding carboxylic acids is 1. The zero-order chi connectivity index (χ0) is 13.1. The molecule has 1 amide bonds. The molecule has 5 heteroatoms. The Morgan fingerprint density at radius 1 is 1.39 bits per heavy atom. The molecule has 0 saturated heterocycles. The molecule has 0 saturated carbocycles. The van der Waals surface area contributed by atoms with Gasteiger partial charge < -0.3 is 4.74 Å². The average Bonchev–Trinajstić information content (AvgIpc) is 2.71. The largest absolute Gasteiger partial charge is 0.445 e. The molecule has 0 bridgehead atoms. The van der Waals surface area contributed by atoms with E-state index in [4.69, 9.17) is 9.57 Å². The van der Waals surface area contributed by atoms with Gasteiger partial charge in [0, 0.05) is 9.14 Å². The van der Waals surface area contributed by atoms with Crippen molar-refractivity contribution in [2.75, 3.05) is 6.61 Å². The lowest BCUT2D eigenvalue weighted by atomic mass is 10.1. The highest BCUT2D eigenvalue weighted by molar-refractivity contribution is 14.1. The van der Waals surface area contributed by atoms with Crippen LogP contribution in [0.5, 0.6) is 0 Å². The fourth-order valence-electron chi connectivity index (χ4n) is 1.63. The predicted molar refractivity (Wildman–Crippen MR) is 76.8 cm³/mol. The van der Waals surface area contributed by atoms with Crippen LogP contribution in [0.25, 0.3) is 5.70 Å². The summed E-state index contributed by atoms with van der Waals surface area (Å²) in [6.45, 7) is 4.02. The third-order valence-electron chi connectivity index (χ3n) is 2.33. The smallest absolute Gasteiger partial charge is 0.439 e. The lowest BCUT2D eigenvalue weighted by Crippen LogP contribution is -2.29. The Morgan fingerprint density at radius 2 is 2.06 bits per heavy atom. The van der Waals surface area contributed by atoms with Crippen molar-refractivity contribution in [3.63, 3.8) is 0 Å². The van der Waals surface area contributed by atoms with Crippen LogP contribution in [0.1, 0.15) is 19.4 Å². The van der Waals surface area contributed by atoms with Crippen LogP contribution >= 0.6 is 22.6 Å². The van der Waals surface area contributed by atoms with Crippen molar-refractivity contribution in [1.82, 2.24) is 5.06 Å². The molecule has 0 spiro atoms. The standard InChI is InChI=1S/C13H14INO3/c1-9(2)18-13(16)15-12(11(14)8-17-15)10-6-4-3-5-7-10/h3-7,9H,8H2,1-2H3. The summed E-state index contributed by atoms with van der Waals surface area (Å²) in [5.74, 6) is 0. The number of hydroxylamine groups is 2. The van der Waals surface area contributed by atoms with E-state index in [1.54, 1.807) is 0 Å². The van der Waals surface area contributed by atoms with Crippen LogP contribution in [0, 0.1) is 0 Å². The molecule has 0 atom stereocenters. The number of amides is 1. The van der Waals surface area contributed by atoms with Gasteiger partial charge in [0.25, 0.3) is 0 Å². The summed E-state index contributed by atoms with van der Waals surface area (Å²) >= 11 is 2.18. The molecule has 1 heterocycles. The topological polar surface area (TPSA) is 38.8 Å². The predicted octanol–water partition coefficient (Wildman–Crippen LogP) is 3.58. The first-order valence-electron chi connectivity index (χ1n) is 5.67. The van der Waals surface area contributed by atoms with E-state index in [1.165, 1.54) is 5.06 Å². The summed E-state index contributed by atoms with van der Waals surface area (Å²) in [4.78, 5) is 17.3. The summed E-state index contributed by atoms with van der Waals surface area (Å²) in [6.07, 6.45) is -0.646. The summed E-state index contributed by atoms with van der Waals surface area (Å²) < 4.78 is 6.14. The Bertz CT molecular complexity index is 470. The quantitative estimate of drug-likeness (QED) is 0.758. The van der Waals surface area contributed by atoms with E-state index in [-0.39, 0.29) is 6.10 Å². The first-order chi connectivity index (χ1) is 8.59. The molecule has 4 nitrogen and oxygen atoms in total. The van der Waals surface area contributed by atoms with Gasteiger partial charge in [0.2, 0.25) is 0 Å². The zero-order valence-electron chi connectivity index (χ0n) is 10.2. The third-order valence-corrected chi connectivity index (χ3v) is 3.15. The monoisotopic (exact) mass is 359 g/mol. The Morgan fingerprint density at radius 3 is 2.67 bits per heavy atom. The van der Waals surface area contributed by atoms with Crippen molar-refractivity contribution in [2.45, 2.75) is 20.0 Å². The number of hydrogen-bond acceptors (Lipinski definition) is 3. The Hall–Kier alpha value is -1.08. The maximum Gasteiger partial charge on any atom is 0.439 e. The molecule has 2 rings (SSSR count). The third kappa shape index (κ3) is 2.84. The van der Waals surface area contributed by atoms with Crippen LogP contribution < -0.4 is 0 Å². The van der Waals surface area contributed by atoms with Gasteiger partial charge >= 0.3 is 6.09 Å². The molecule has 1 aliphatic heterocycles. The Labute approximate surface area is 120 Å². The van der Waals surface area contributed by atoms with Gasteiger partial charge in [-0.3, -0.25) is 4.84 Å². The van der Waals surface area contributed by atoms with Crippen LogP contribution in [-0.2, 0) is 9.57 Å². The molecule has 0 unspecified atom stereocenters. The molecule has 1 aromatic rings. The lowest BCUT2D eigenvalue weighted by molar-refractivity contribution is -0.0730. The van der Waals surface area contributed by atoms with Crippen LogP contribution in [0.2, 0.25) is 0 Å². The number of ether oxygens (including phenoxy) is 1. The summed E-state index contributed by atoms with van der Waals surface area (Å²) in [5.41, 5.74) is 1.71. The molecule has 18 heavy (non-hydrogen) atoms. The van der Waals surface area contributed by atoms with Gasteiger partial charge in [0.15, 0.2) is 0 Å².